The topological polar surface area (TPSA) is 29.1 Å². The van der Waals surface area contributed by atoms with Gasteiger partial charge in [-0.2, -0.15) is 0 Å². The molecule has 1 fully saturated rings. The zero-order valence-electron chi connectivity index (χ0n) is 10.3. The molecular weight excluding hydrogens is 266 g/mol. The van der Waals surface area contributed by atoms with Crippen LogP contribution < -0.4 is 5.32 Å². The van der Waals surface area contributed by atoms with E-state index in [-0.39, 0.29) is 11.3 Å². The number of carbonyl (C=O) groups excluding carboxylic acids is 1. The number of amides is 1. The Morgan fingerprint density at radius 3 is 2.78 bits per heavy atom. The third kappa shape index (κ3) is 4.21. The van der Waals surface area contributed by atoms with Gasteiger partial charge in [0.05, 0.1) is 5.75 Å². The van der Waals surface area contributed by atoms with Gasteiger partial charge in [0.15, 0.2) is 0 Å². The summed E-state index contributed by atoms with van der Waals surface area (Å²) in [7, 11) is 0. The van der Waals surface area contributed by atoms with Crippen molar-refractivity contribution in [2.45, 2.75) is 29.5 Å². The van der Waals surface area contributed by atoms with Crippen molar-refractivity contribution in [1.82, 2.24) is 5.32 Å². The molecule has 0 bridgehead atoms. The molecule has 98 valence electrons. The summed E-state index contributed by atoms with van der Waals surface area (Å²) in [5, 5.41) is 3.22. The fraction of sp³-hybridized carbons (Fsp3) is 0.500. The molecule has 2 atom stereocenters. The van der Waals surface area contributed by atoms with Gasteiger partial charge in [-0.05, 0) is 30.9 Å². The van der Waals surface area contributed by atoms with E-state index in [9.17, 15) is 4.79 Å². The molecule has 0 heterocycles. The maximum atomic E-state index is 11.7. The van der Waals surface area contributed by atoms with Crippen LogP contribution in [0.15, 0.2) is 35.2 Å². The maximum Gasteiger partial charge on any atom is 0.230 e. The molecule has 2 rings (SSSR count). The van der Waals surface area contributed by atoms with Crippen molar-refractivity contribution in [3.05, 3.63) is 30.3 Å². The van der Waals surface area contributed by atoms with E-state index in [4.69, 9.17) is 11.6 Å². The van der Waals surface area contributed by atoms with E-state index in [0.717, 1.165) is 24.3 Å². The molecule has 2 nitrogen and oxygen atoms in total. The van der Waals surface area contributed by atoms with Crippen molar-refractivity contribution in [3.63, 3.8) is 0 Å². The zero-order valence-corrected chi connectivity index (χ0v) is 11.8. The van der Waals surface area contributed by atoms with Crippen LogP contribution in [0.3, 0.4) is 0 Å². The SMILES string of the molecule is O=C(CSc1ccccc1)NCC1CCCC1Cl. The first-order chi connectivity index (χ1) is 8.75. The van der Waals surface area contributed by atoms with E-state index in [2.05, 4.69) is 5.32 Å². The number of alkyl halides is 1. The molecule has 1 aliphatic carbocycles. The summed E-state index contributed by atoms with van der Waals surface area (Å²) in [6.07, 6.45) is 3.41. The number of thioether (sulfide) groups is 1. The monoisotopic (exact) mass is 283 g/mol. The highest BCUT2D eigenvalue weighted by molar-refractivity contribution is 8.00. The Morgan fingerprint density at radius 1 is 1.33 bits per heavy atom. The molecule has 1 aromatic carbocycles. The minimum atomic E-state index is 0.0969. The number of benzene rings is 1. The van der Waals surface area contributed by atoms with Gasteiger partial charge in [0.25, 0.3) is 0 Å². The molecule has 0 saturated heterocycles. The lowest BCUT2D eigenvalue weighted by atomic mass is 10.1. The second-order valence-electron chi connectivity index (χ2n) is 4.61. The number of carbonyl (C=O) groups is 1. The Bertz CT molecular complexity index is 385. The van der Waals surface area contributed by atoms with E-state index >= 15 is 0 Å². The maximum absolute atomic E-state index is 11.7. The van der Waals surface area contributed by atoms with Crippen LogP contribution in [0.2, 0.25) is 0 Å². The lowest BCUT2D eigenvalue weighted by Gasteiger charge is -2.14. The summed E-state index contributed by atoms with van der Waals surface area (Å²) < 4.78 is 0. The van der Waals surface area contributed by atoms with Gasteiger partial charge in [-0.1, -0.05) is 24.6 Å². The largest absolute Gasteiger partial charge is 0.355 e. The molecule has 0 aliphatic heterocycles. The van der Waals surface area contributed by atoms with Gasteiger partial charge in [-0.25, -0.2) is 0 Å². The average molecular weight is 284 g/mol. The molecule has 1 N–H and O–H groups in total. The van der Waals surface area contributed by atoms with Crippen molar-refractivity contribution >= 4 is 29.3 Å². The first kappa shape index (κ1) is 13.8. The van der Waals surface area contributed by atoms with Crippen molar-refractivity contribution < 1.29 is 4.79 Å². The fourth-order valence-corrected chi connectivity index (χ4v) is 3.30. The van der Waals surface area contributed by atoms with E-state index in [0.29, 0.717) is 11.7 Å². The summed E-state index contributed by atoms with van der Waals surface area (Å²) in [6.45, 7) is 0.725. The summed E-state index contributed by atoms with van der Waals surface area (Å²) in [5.74, 6) is 1.03. The van der Waals surface area contributed by atoms with Crippen LogP contribution in [0.1, 0.15) is 19.3 Å². The first-order valence-corrected chi connectivity index (χ1v) is 7.76. The van der Waals surface area contributed by atoms with Gasteiger partial charge in [0.1, 0.15) is 0 Å². The highest BCUT2D eigenvalue weighted by Gasteiger charge is 2.25. The number of hydrogen-bond acceptors (Lipinski definition) is 2. The highest BCUT2D eigenvalue weighted by atomic mass is 35.5. The fourth-order valence-electron chi connectivity index (χ4n) is 2.18. The molecular formula is C14H18ClNOS. The van der Waals surface area contributed by atoms with Crippen LogP contribution in [0, 0.1) is 5.92 Å². The van der Waals surface area contributed by atoms with E-state index in [1.807, 2.05) is 30.3 Å². The molecule has 1 saturated carbocycles. The van der Waals surface area contributed by atoms with Crippen LogP contribution in [0.4, 0.5) is 0 Å². The second-order valence-corrected chi connectivity index (χ2v) is 6.22. The van der Waals surface area contributed by atoms with Crippen molar-refractivity contribution in [2.75, 3.05) is 12.3 Å². The van der Waals surface area contributed by atoms with Gasteiger partial charge in [0, 0.05) is 16.8 Å². The van der Waals surface area contributed by atoms with Gasteiger partial charge in [0.2, 0.25) is 5.91 Å². The summed E-state index contributed by atoms with van der Waals surface area (Å²) in [6, 6.07) is 9.98. The molecule has 0 radical (unpaired) electrons. The molecule has 0 spiro atoms. The third-order valence-corrected chi connectivity index (χ3v) is 4.83. The normalized spacial score (nSPS) is 22.9. The molecule has 2 unspecified atom stereocenters. The molecule has 4 heteroatoms. The molecule has 1 amide bonds. The minimum Gasteiger partial charge on any atom is -0.355 e. The van der Waals surface area contributed by atoms with Crippen LogP contribution in [0.25, 0.3) is 0 Å². The van der Waals surface area contributed by atoms with E-state index in [1.165, 1.54) is 6.42 Å². The van der Waals surface area contributed by atoms with E-state index in [1.54, 1.807) is 11.8 Å². The third-order valence-electron chi connectivity index (χ3n) is 3.24. The van der Waals surface area contributed by atoms with Crippen LogP contribution in [-0.2, 0) is 4.79 Å². The van der Waals surface area contributed by atoms with Gasteiger partial charge < -0.3 is 5.32 Å². The van der Waals surface area contributed by atoms with E-state index < -0.39 is 0 Å². The lowest BCUT2D eigenvalue weighted by molar-refractivity contribution is -0.118. The van der Waals surface area contributed by atoms with Crippen LogP contribution in [0.5, 0.6) is 0 Å². The number of rotatable bonds is 5. The number of nitrogens with one attached hydrogen (secondary N) is 1. The quantitative estimate of drug-likeness (QED) is 0.664. The number of hydrogen-bond donors (Lipinski definition) is 1. The summed E-state index contributed by atoms with van der Waals surface area (Å²) >= 11 is 7.74. The molecule has 0 aromatic heterocycles. The average Bonchev–Trinajstić information content (AvgIpc) is 2.81. The lowest BCUT2D eigenvalue weighted by Crippen LogP contribution is -2.32. The smallest absolute Gasteiger partial charge is 0.230 e. The predicted molar refractivity (Wildman–Crippen MR) is 77.2 cm³/mol. The van der Waals surface area contributed by atoms with Crippen molar-refractivity contribution in [1.29, 1.82) is 0 Å². The molecule has 1 aliphatic rings. The Kier molecular flexibility index (Phi) is 5.39. The van der Waals surface area contributed by atoms with Gasteiger partial charge in [-0.15, -0.1) is 23.4 Å². The van der Waals surface area contributed by atoms with Crippen molar-refractivity contribution in [2.24, 2.45) is 5.92 Å². The Morgan fingerprint density at radius 2 is 2.11 bits per heavy atom. The Labute approximate surface area is 117 Å². The molecule has 18 heavy (non-hydrogen) atoms. The highest BCUT2D eigenvalue weighted by Crippen LogP contribution is 2.29. The van der Waals surface area contributed by atoms with Gasteiger partial charge >= 0.3 is 0 Å². The van der Waals surface area contributed by atoms with Crippen LogP contribution in [-0.4, -0.2) is 23.6 Å². The summed E-state index contributed by atoms with van der Waals surface area (Å²) in [5.41, 5.74) is 0. The Hall–Kier alpha value is -0.670. The molecule has 1 aromatic rings. The zero-order chi connectivity index (χ0) is 12.8. The first-order valence-electron chi connectivity index (χ1n) is 6.34. The van der Waals surface area contributed by atoms with Crippen molar-refractivity contribution in [3.8, 4) is 0 Å². The number of halogens is 1. The Balaban J connectivity index is 1.66. The second kappa shape index (κ2) is 7.05. The predicted octanol–water partition coefficient (Wildman–Crippen LogP) is 3.30. The van der Waals surface area contributed by atoms with Crippen LogP contribution >= 0.6 is 23.4 Å². The minimum absolute atomic E-state index is 0.0969. The van der Waals surface area contributed by atoms with Gasteiger partial charge in [-0.3, -0.25) is 4.79 Å². The standard InChI is InChI=1S/C14H18ClNOS/c15-13-8-4-5-11(13)9-16-14(17)10-18-12-6-2-1-3-7-12/h1-3,6-7,11,13H,4-5,8-10H2,(H,16,17). The summed E-state index contributed by atoms with van der Waals surface area (Å²) in [4.78, 5) is 12.8.